The number of nitrogens with zero attached hydrogens (tertiary/aromatic N) is 1. The van der Waals surface area contributed by atoms with Crippen molar-refractivity contribution >= 4 is 30.4 Å². The summed E-state index contributed by atoms with van der Waals surface area (Å²) in [6.07, 6.45) is 23.7. The molecule has 0 aromatic carbocycles. The number of hydrogen-bond acceptors (Lipinski definition) is 10. The van der Waals surface area contributed by atoms with E-state index in [1.165, 1.54) is 0 Å². The predicted octanol–water partition coefficient (Wildman–Crippen LogP) is 8.37. The molecule has 1 saturated carbocycles. The van der Waals surface area contributed by atoms with Crippen molar-refractivity contribution in [1.29, 1.82) is 0 Å². The van der Waals surface area contributed by atoms with Gasteiger partial charge < -0.3 is 29.0 Å². The second kappa shape index (κ2) is 27.4. The zero-order valence-corrected chi connectivity index (χ0v) is 36.9. The van der Waals surface area contributed by atoms with Gasteiger partial charge in [0.25, 0.3) is 18.9 Å². The standard InChI is InChI=1S/C48H75NO10/c1-34(14-9-7-10-15-36(3)46(56-6)30-42-16-13-17-45(59-42)47(54)48(55)49-26-11-8-12-27-49)28-37(4)43(52)31-44(53)38(5)29-35(2)18-22-40(57-32-50)23-19-39-20-24-41(25-21-39)58-33-51/h7,9-10,14-15,29,32-35,37,39-42,44-46,53H,8,11-13,16-28,30-31H2,1-6H3/b10-7+,14-9+,36-15+,38-29+. The molecule has 2 aliphatic heterocycles. The molecule has 0 spiro atoms. The van der Waals surface area contributed by atoms with E-state index in [1.807, 2.05) is 51.2 Å². The number of aliphatic hydroxyl groups is 1. The lowest BCUT2D eigenvalue weighted by Gasteiger charge is -2.33. The first-order valence-corrected chi connectivity index (χ1v) is 22.4. The van der Waals surface area contributed by atoms with E-state index in [4.69, 9.17) is 18.9 Å². The maximum Gasteiger partial charge on any atom is 0.293 e. The highest BCUT2D eigenvalue weighted by Gasteiger charge is 2.35. The van der Waals surface area contributed by atoms with Crippen LogP contribution in [0.4, 0.5) is 0 Å². The zero-order chi connectivity index (χ0) is 43.2. The van der Waals surface area contributed by atoms with Gasteiger partial charge in [-0.1, -0.05) is 57.2 Å². The molecule has 332 valence electrons. The first kappa shape index (κ1) is 49.9. The van der Waals surface area contributed by atoms with Crippen LogP contribution in [0.2, 0.25) is 0 Å². The number of hydrogen-bond donors (Lipinski definition) is 1. The van der Waals surface area contributed by atoms with Crippen molar-refractivity contribution in [3.05, 3.63) is 47.6 Å². The smallest absolute Gasteiger partial charge is 0.293 e. The highest BCUT2D eigenvalue weighted by atomic mass is 16.5. The Morgan fingerprint density at radius 1 is 0.831 bits per heavy atom. The fraction of sp³-hybridized carbons (Fsp3) is 0.729. The van der Waals surface area contributed by atoms with Gasteiger partial charge in [-0.2, -0.15) is 0 Å². The van der Waals surface area contributed by atoms with Crippen LogP contribution in [0.15, 0.2) is 47.6 Å². The number of carbonyl (C=O) groups is 5. The molecule has 0 radical (unpaired) electrons. The van der Waals surface area contributed by atoms with Gasteiger partial charge in [0.1, 0.15) is 24.1 Å². The largest absolute Gasteiger partial charge is 0.465 e. The molecule has 1 N–H and O–H groups in total. The molecule has 1 aliphatic carbocycles. The first-order chi connectivity index (χ1) is 28.3. The average Bonchev–Trinajstić information content (AvgIpc) is 3.23. The number of amides is 1. The molecule has 0 bridgehead atoms. The Balaban J connectivity index is 1.37. The monoisotopic (exact) mass is 826 g/mol. The molecule has 11 nitrogen and oxygen atoms in total. The molecule has 8 unspecified atom stereocenters. The fourth-order valence-corrected chi connectivity index (χ4v) is 8.82. The molecule has 3 fully saturated rings. The Morgan fingerprint density at radius 2 is 1.56 bits per heavy atom. The normalized spacial score (nSPS) is 25.2. The van der Waals surface area contributed by atoms with Gasteiger partial charge in [0.2, 0.25) is 5.78 Å². The summed E-state index contributed by atoms with van der Waals surface area (Å²) < 4.78 is 22.5. The van der Waals surface area contributed by atoms with Crippen LogP contribution < -0.4 is 0 Å². The van der Waals surface area contributed by atoms with Crippen molar-refractivity contribution in [1.82, 2.24) is 4.90 Å². The number of aliphatic hydroxyl groups excluding tert-OH is 1. The summed E-state index contributed by atoms with van der Waals surface area (Å²) in [7, 11) is 1.67. The van der Waals surface area contributed by atoms with Gasteiger partial charge >= 0.3 is 0 Å². The fourth-order valence-electron chi connectivity index (χ4n) is 8.82. The van der Waals surface area contributed by atoms with E-state index in [1.54, 1.807) is 12.0 Å². The van der Waals surface area contributed by atoms with Crippen molar-refractivity contribution in [2.45, 2.75) is 180 Å². The number of ketones is 2. The Hall–Kier alpha value is -3.41. The highest BCUT2D eigenvalue weighted by molar-refractivity contribution is 6.37. The van der Waals surface area contributed by atoms with Crippen molar-refractivity contribution in [2.24, 2.45) is 23.7 Å². The minimum atomic E-state index is -0.838. The zero-order valence-electron chi connectivity index (χ0n) is 36.9. The van der Waals surface area contributed by atoms with Gasteiger partial charge in [-0.05, 0) is 139 Å². The number of allylic oxidation sites excluding steroid dienone is 6. The minimum Gasteiger partial charge on any atom is -0.465 e. The number of rotatable bonds is 26. The van der Waals surface area contributed by atoms with Gasteiger partial charge in [0.05, 0.1) is 18.3 Å². The molecule has 2 heterocycles. The van der Waals surface area contributed by atoms with Crippen LogP contribution in [0, 0.1) is 23.7 Å². The number of ether oxygens (including phenoxy) is 4. The van der Waals surface area contributed by atoms with Gasteiger partial charge in [0, 0.05) is 39.0 Å². The van der Waals surface area contributed by atoms with E-state index >= 15 is 0 Å². The maximum absolute atomic E-state index is 13.1. The van der Waals surface area contributed by atoms with E-state index in [9.17, 15) is 29.1 Å². The van der Waals surface area contributed by atoms with Gasteiger partial charge in [0.15, 0.2) is 0 Å². The molecule has 2 saturated heterocycles. The highest BCUT2D eigenvalue weighted by Crippen LogP contribution is 2.31. The third-order valence-corrected chi connectivity index (χ3v) is 12.7. The Labute approximate surface area is 354 Å². The molecule has 3 rings (SSSR count). The van der Waals surface area contributed by atoms with Crippen molar-refractivity contribution in [2.75, 3.05) is 20.2 Å². The quantitative estimate of drug-likeness (QED) is 0.0391. The number of piperidine rings is 1. The van der Waals surface area contributed by atoms with Gasteiger partial charge in [-0.15, -0.1) is 0 Å². The molecular weight excluding hydrogens is 751 g/mol. The topological polar surface area (TPSA) is 146 Å². The van der Waals surface area contributed by atoms with Crippen LogP contribution in [0.1, 0.15) is 144 Å². The van der Waals surface area contributed by atoms with E-state index in [2.05, 4.69) is 19.9 Å². The summed E-state index contributed by atoms with van der Waals surface area (Å²) >= 11 is 0. The van der Waals surface area contributed by atoms with Gasteiger partial charge in [-0.25, -0.2) is 0 Å². The summed E-state index contributed by atoms with van der Waals surface area (Å²) in [5, 5.41) is 10.9. The van der Waals surface area contributed by atoms with Crippen LogP contribution in [0.25, 0.3) is 0 Å². The van der Waals surface area contributed by atoms with Crippen LogP contribution in [-0.2, 0) is 42.9 Å². The molecule has 59 heavy (non-hydrogen) atoms. The van der Waals surface area contributed by atoms with Crippen LogP contribution >= 0.6 is 0 Å². The Bertz CT molecular complexity index is 1420. The summed E-state index contributed by atoms with van der Waals surface area (Å²) in [6.45, 7) is 12.3. The summed E-state index contributed by atoms with van der Waals surface area (Å²) in [5.41, 5.74) is 1.82. The molecule has 0 aromatic rings. The SMILES string of the molecule is COC(CC1CCCC(C(=O)C(=O)N2CCCCC2)O1)/C(C)=C/C=C/C=C/C(C)CC(C)C(=O)CC(O)/C(C)=C/C(C)CCC(CCC1CCC(OC=O)CC1)OC=O. The number of carbonyl (C=O) groups excluding carboxylic acids is 5. The molecule has 1 amide bonds. The lowest BCUT2D eigenvalue weighted by molar-refractivity contribution is -0.157. The van der Waals surface area contributed by atoms with Gasteiger partial charge in [-0.3, -0.25) is 24.0 Å². The minimum absolute atomic E-state index is 0.0275. The van der Waals surface area contributed by atoms with E-state index in [0.717, 1.165) is 94.6 Å². The second-order valence-electron chi connectivity index (χ2n) is 17.6. The third kappa shape index (κ3) is 18.4. The average molecular weight is 826 g/mol. The lowest BCUT2D eigenvalue weighted by atomic mass is 9.83. The molecular formula is C48H75NO10. The second-order valence-corrected chi connectivity index (χ2v) is 17.6. The van der Waals surface area contributed by atoms with Crippen molar-refractivity contribution < 1.29 is 48.0 Å². The molecule has 3 aliphatic rings. The number of methoxy groups -OCH3 is 1. The number of Topliss-reactive ketones (excluding diaryl/α,β-unsaturated/α-hetero) is 2. The van der Waals surface area contributed by atoms with E-state index in [-0.39, 0.29) is 54.4 Å². The van der Waals surface area contributed by atoms with E-state index in [0.29, 0.717) is 51.2 Å². The maximum atomic E-state index is 13.1. The molecule has 8 atom stereocenters. The third-order valence-electron chi connectivity index (χ3n) is 12.7. The molecule has 0 aromatic heterocycles. The van der Waals surface area contributed by atoms with Crippen LogP contribution in [0.5, 0.6) is 0 Å². The van der Waals surface area contributed by atoms with Crippen molar-refractivity contribution in [3.63, 3.8) is 0 Å². The summed E-state index contributed by atoms with van der Waals surface area (Å²) in [4.78, 5) is 62.3. The Kier molecular flexibility index (Phi) is 23.2. The summed E-state index contributed by atoms with van der Waals surface area (Å²) in [5.74, 6) is -0.110. The first-order valence-electron chi connectivity index (χ1n) is 22.4. The number of likely N-dealkylation sites (tertiary alicyclic amines) is 1. The van der Waals surface area contributed by atoms with Crippen LogP contribution in [0.3, 0.4) is 0 Å². The lowest BCUT2D eigenvalue weighted by Crippen LogP contribution is -2.46. The van der Waals surface area contributed by atoms with Crippen LogP contribution in [-0.4, -0.2) is 97.2 Å². The molecule has 11 heteroatoms. The Morgan fingerprint density at radius 3 is 2.24 bits per heavy atom. The van der Waals surface area contributed by atoms with E-state index < -0.39 is 23.9 Å². The summed E-state index contributed by atoms with van der Waals surface area (Å²) in [6, 6.07) is 0. The predicted molar refractivity (Wildman–Crippen MR) is 229 cm³/mol. The van der Waals surface area contributed by atoms with Crippen molar-refractivity contribution in [3.8, 4) is 0 Å².